The molecule has 5 nitrogen and oxygen atoms in total. The monoisotopic (exact) mass is 277 g/mol. The highest BCUT2D eigenvalue weighted by Crippen LogP contribution is 2.19. The molecule has 0 aromatic heterocycles. The van der Waals surface area contributed by atoms with E-state index in [1.807, 2.05) is 49.3 Å². The standard InChI is InChI=1S/C15H23N3O2/c1-18(2)10-13(12-6-4-3-5-7-12)17-14(19)15(16)8-9-20-11-15/h3-7,13H,8-11,16H2,1-2H3,(H,17,19). The third-order valence-electron chi connectivity index (χ3n) is 3.56. The summed E-state index contributed by atoms with van der Waals surface area (Å²) in [5.41, 5.74) is 6.30. The number of amides is 1. The lowest BCUT2D eigenvalue weighted by atomic mass is 9.97. The zero-order valence-electron chi connectivity index (χ0n) is 12.1. The fraction of sp³-hybridized carbons (Fsp3) is 0.533. The third-order valence-corrected chi connectivity index (χ3v) is 3.56. The molecule has 2 rings (SSSR count). The predicted octanol–water partition coefficient (Wildman–Crippen LogP) is 0.523. The summed E-state index contributed by atoms with van der Waals surface area (Å²) < 4.78 is 5.25. The van der Waals surface area contributed by atoms with E-state index in [1.54, 1.807) is 0 Å². The van der Waals surface area contributed by atoms with Gasteiger partial charge in [-0.15, -0.1) is 0 Å². The number of nitrogens with two attached hydrogens (primary N) is 1. The smallest absolute Gasteiger partial charge is 0.243 e. The molecule has 1 amide bonds. The van der Waals surface area contributed by atoms with Crippen LogP contribution < -0.4 is 11.1 Å². The minimum absolute atomic E-state index is 0.0697. The lowest BCUT2D eigenvalue weighted by Gasteiger charge is -2.27. The Labute approximate surface area is 120 Å². The molecule has 1 aliphatic heterocycles. The summed E-state index contributed by atoms with van der Waals surface area (Å²) >= 11 is 0. The summed E-state index contributed by atoms with van der Waals surface area (Å²) in [5.74, 6) is -0.134. The molecule has 1 aromatic rings. The Bertz CT molecular complexity index is 442. The molecule has 2 unspecified atom stereocenters. The number of likely N-dealkylation sites (N-methyl/N-ethyl adjacent to an activating group) is 1. The largest absolute Gasteiger partial charge is 0.379 e. The Morgan fingerprint density at radius 1 is 1.45 bits per heavy atom. The molecule has 1 fully saturated rings. The van der Waals surface area contributed by atoms with Crippen molar-refractivity contribution in [1.82, 2.24) is 10.2 Å². The molecule has 1 aromatic carbocycles. The van der Waals surface area contributed by atoms with Gasteiger partial charge in [-0.05, 0) is 26.1 Å². The number of nitrogens with zero attached hydrogens (tertiary/aromatic N) is 1. The van der Waals surface area contributed by atoms with E-state index in [2.05, 4.69) is 5.32 Å². The van der Waals surface area contributed by atoms with Crippen molar-refractivity contribution in [3.8, 4) is 0 Å². The molecule has 0 saturated carbocycles. The fourth-order valence-corrected chi connectivity index (χ4v) is 2.35. The summed E-state index contributed by atoms with van der Waals surface area (Å²) in [4.78, 5) is 14.4. The van der Waals surface area contributed by atoms with Gasteiger partial charge in [0.1, 0.15) is 5.54 Å². The van der Waals surface area contributed by atoms with Crippen molar-refractivity contribution in [3.05, 3.63) is 35.9 Å². The molecule has 0 spiro atoms. The number of carbonyl (C=O) groups is 1. The van der Waals surface area contributed by atoms with Gasteiger partial charge in [0.2, 0.25) is 5.91 Å². The minimum atomic E-state index is -0.890. The van der Waals surface area contributed by atoms with Crippen LogP contribution in [0.4, 0.5) is 0 Å². The zero-order chi connectivity index (χ0) is 14.6. The molecule has 0 aliphatic carbocycles. The minimum Gasteiger partial charge on any atom is -0.379 e. The molecule has 20 heavy (non-hydrogen) atoms. The van der Waals surface area contributed by atoms with Crippen molar-refractivity contribution < 1.29 is 9.53 Å². The van der Waals surface area contributed by atoms with Crippen molar-refractivity contribution in [2.75, 3.05) is 33.9 Å². The van der Waals surface area contributed by atoms with Crippen LogP contribution in [0.2, 0.25) is 0 Å². The number of ether oxygens (including phenoxy) is 1. The number of rotatable bonds is 5. The van der Waals surface area contributed by atoms with Crippen molar-refractivity contribution in [3.63, 3.8) is 0 Å². The second-order valence-electron chi connectivity index (χ2n) is 5.66. The number of nitrogens with one attached hydrogen (secondary N) is 1. The van der Waals surface area contributed by atoms with E-state index in [0.29, 0.717) is 19.6 Å². The van der Waals surface area contributed by atoms with E-state index in [-0.39, 0.29) is 11.9 Å². The lowest BCUT2D eigenvalue weighted by Crippen LogP contribution is -2.56. The molecular weight excluding hydrogens is 254 g/mol. The van der Waals surface area contributed by atoms with Crippen molar-refractivity contribution in [2.45, 2.75) is 18.0 Å². The van der Waals surface area contributed by atoms with Crippen LogP contribution in [-0.2, 0) is 9.53 Å². The van der Waals surface area contributed by atoms with Gasteiger partial charge < -0.3 is 20.7 Å². The van der Waals surface area contributed by atoms with E-state index in [0.717, 1.165) is 12.1 Å². The van der Waals surface area contributed by atoms with Crippen LogP contribution in [0.25, 0.3) is 0 Å². The first kappa shape index (κ1) is 15.0. The molecule has 1 saturated heterocycles. The van der Waals surface area contributed by atoms with Crippen molar-refractivity contribution in [1.29, 1.82) is 0 Å². The van der Waals surface area contributed by atoms with E-state index in [1.165, 1.54) is 0 Å². The molecule has 1 heterocycles. The Kier molecular flexibility index (Phi) is 4.75. The Balaban J connectivity index is 2.10. The highest BCUT2D eigenvalue weighted by Gasteiger charge is 2.39. The molecule has 0 bridgehead atoms. The second-order valence-corrected chi connectivity index (χ2v) is 5.66. The Morgan fingerprint density at radius 2 is 2.15 bits per heavy atom. The van der Waals surface area contributed by atoms with Gasteiger partial charge in [0.15, 0.2) is 0 Å². The normalized spacial score (nSPS) is 23.8. The van der Waals surface area contributed by atoms with Crippen molar-refractivity contribution in [2.24, 2.45) is 5.73 Å². The third kappa shape index (κ3) is 3.56. The Morgan fingerprint density at radius 3 is 2.70 bits per heavy atom. The first-order chi connectivity index (χ1) is 9.51. The molecule has 0 radical (unpaired) electrons. The average molecular weight is 277 g/mol. The van der Waals surface area contributed by atoms with E-state index < -0.39 is 5.54 Å². The van der Waals surface area contributed by atoms with E-state index in [4.69, 9.17) is 10.5 Å². The molecule has 2 atom stereocenters. The Hall–Kier alpha value is -1.43. The van der Waals surface area contributed by atoms with Gasteiger partial charge in [-0.1, -0.05) is 30.3 Å². The maximum absolute atomic E-state index is 12.4. The van der Waals surface area contributed by atoms with Gasteiger partial charge in [-0.25, -0.2) is 0 Å². The van der Waals surface area contributed by atoms with Gasteiger partial charge in [0.25, 0.3) is 0 Å². The van der Waals surface area contributed by atoms with Gasteiger partial charge in [0, 0.05) is 13.2 Å². The van der Waals surface area contributed by atoms with Gasteiger partial charge in [-0.2, -0.15) is 0 Å². The molecule has 5 heteroatoms. The zero-order valence-corrected chi connectivity index (χ0v) is 12.1. The molecule has 3 N–H and O–H groups in total. The summed E-state index contributed by atoms with van der Waals surface area (Å²) in [5, 5.41) is 3.06. The van der Waals surface area contributed by atoms with Gasteiger partial charge in [-0.3, -0.25) is 4.79 Å². The van der Waals surface area contributed by atoms with Crippen LogP contribution in [0.1, 0.15) is 18.0 Å². The van der Waals surface area contributed by atoms with Crippen LogP contribution in [0, 0.1) is 0 Å². The number of carbonyl (C=O) groups excluding carboxylic acids is 1. The average Bonchev–Trinajstić information content (AvgIpc) is 2.87. The summed E-state index contributed by atoms with van der Waals surface area (Å²) in [6, 6.07) is 9.88. The number of hydrogen-bond donors (Lipinski definition) is 2. The van der Waals surface area contributed by atoms with Crippen molar-refractivity contribution >= 4 is 5.91 Å². The van der Waals surface area contributed by atoms with Crippen LogP contribution >= 0.6 is 0 Å². The molecule has 1 aliphatic rings. The SMILES string of the molecule is CN(C)CC(NC(=O)C1(N)CCOC1)c1ccccc1. The summed E-state index contributed by atoms with van der Waals surface area (Å²) in [6.45, 7) is 1.57. The number of hydrogen-bond acceptors (Lipinski definition) is 4. The first-order valence-corrected chi connectivity index (χ1v) is 6.88. The highest BCUT2D eigenvalue weighted by atomic mass is 16.5. The lowest BCUT2D eigenvalue weighted by molar-refractivity contribution is -0.127. The van der Waals surface area contributed by atoms with Crippen LogP contribution in [0.15, 0.2) is 30.3 Å². The topological polar surface area (TPSA) is 67.6 Å². The number of benzene rings is 1. The summed E-state index contributed by atoms with van der Waals surface area (Å²) in [7, 11) is 3.97. The van der Waals surface area contributed by atoms with Gasteiger partial charge in [0.05, 0.1) is 12.6 Å². The summed E-state index contributed by atoms with van der Waals surface area (Å²) in [6.07, 6.45) is 0.572. The second kappa shape index (κ2) is 6.35. The predicted molar refractivity (Wildman–Crippen MR) is 78.2 cm³/mol. The van der Waals surface area contributed by atoms with E-state index >= 15 is 0 Å². The molecular formula is C15H23N3O2. The molecule has 110 valence electrons. The van der Waals surface area contributed by atoms with Crippen LogP contribution in [-0.4, -0.2) is 50.2 Å². The quantitative estimate of drug-likeness (QED) is 0.823. The fourth-order valence-electron chi connectivity index (χ4n) is 2.35. The van der Waals surface area contributed by atoms with Crippen LogP contribution in [0.3, 0.4) is 0 Å². The first-order valence-electron chi connectivity index (χ1n) is 6.88. The van der Waals surface area contributed by atoms with Crippen LogP contribution in [0.5, 0.6) is 0 Å². The maximum Gasteiger partial charge on any atom is 0.243 e. The van der Waals surface area contributed by atoms with E-state index in [9.17, 15) is 4.79 Å². The maximum atomic E-state index is 12.4. The van der Waals surface area contributed by atoms with Gasteiger partial charge >= 0.3 is 0 Å². The highest BCUT2D eigenvalue weighted by molar-refractivity contribution is 5.87.